The Labute approximate surface area is 151 Å². The minimum absolute atomic E-state index is 0.231. The molecule has 8 heteroatoms. The molecule has 3 rings (SSSR count). The minimum Gasteiger partial charge on any atom is -0.218 e. The van der Waals surface area contributed by atoms with Gasteiger partial charge in [-0.3, -0.25) is 0 Å². The van der Waals surface area contributed by atoms with Crippen LogP contribution in [0.2, 0.25) is 0 Å². The molecular formula is C18H19FN4O2S. The van der Waals surface area contributed by atoms with Crippen molar-refractivity contribution < 1.29 is 12.8 Å². The molecule has 136 valence electrons. The van der Waals surface area contributed by atoms with Gasteiger partial charge in [0.1, 0.15) is 17.5 Å². The number of rotatable bonds is 6. The van der Waals surface area contributed by atoms with Gasteiger partial charge < -0.3 is 0 Å². The summed E-state index contributed by atoms with van der Waals surface area (Å²) in [5, 5.41) is 4.38. The van der Waals surface area contributed by atoms with E-state index in [1.165, 1.54) is 19.2 Å². The number of sulfonamides is 1. The Morgan fingerprint density at radius 3 is 2.31 bits per heavy atom. The van der Waals surface area contributed by atoms with E-state index in [0.29, 0.717) is 18.7 Å². The van der Waals surface area contributed by atoms with Crippen molar-refractivity contribution in [3.63, 3.8) is 0 Å². The molecule has 0 bridgehead atoms. The van der Waals surface area contributed by atoms with Crippen LogP contribution < -0.4 is 4.72 Å². The first kappa shape index (κ1) is 18.2. The zero-order valence-electron chi connectivity index (χ0n) is 14.5. The van der Waals surface area contributed by atoms with Crippen molar-refractivity contribution in [1.82, 2.24) is 19.5 Å². The normalized spacial score (nSPS) is 11.7. The molecule has 26 heavy (non-hydrogen) atoms. The van der Waals surface area contributed by atoms with E-state index in [1.54, 1.807) is 48.0 Å². The lowest BCUT2D eigenvalue weighted by Crippen LogP contribution is -2.18. The zero-order chi connectivity index (χ0) is 18.7. The number of benzene rings is 2. The Morgan fingerprint density at radius 1 is 1.04 bits per heavy atom. The van der Waals surface area contributed by atoms with E-state index < -0.39 is 10.0 Å². The van der Waals surface area contributed by atoms with Crippen molar-refractivity contribution >= 4 is 10.0 Å². The second kappa shape index (κ2) is 7.35. The lowest BCUT2D eigenvalue weighted by Gasteiger charge is -2.07. The molecule has 0 atom stereocenters. The summed E-state index contributed by atoms with van der Waals surface area (Å²) < 4.78 is 40.6. The Kier molecular flexibility index (Phi) is 5.15. The van der Waals surface area contributed by atoms with Crippen LogP contribution in [-0.4, -0.2) is 30.2 Å². The average Bonchev–Trinajstić information content (AvgIpc) is 3.01. The minimum atomic E-state index is -3.43. The third kappa shape index (κ3) is 3.97. The summed E-state index contributed by atoms with van der Waals surface area (Å²) in [6, 6.07) is 12.8. The molecule has 0 aliphatic rings. The van der Waals surface area contributed by atoms with E-state index in [2.05, 4.69) is 14.8 Å². The van der Waals surface area contributed by atoms with Crippen LogP contribution in [0.25, 0.3) is 5.69 Å². The van der Waals surface area contributed by atoms with Crippen LogP contribution in [0.15, 0.2) is 53.4 Å². The molecular weight excluding hydrogens is 355 g/mol. The Balaban J connectivity index is 1.77. The van der Waals surface area contributed by atoms with Gasteiger partial charge in [0.2, 0.25) is 10.0 Å². The molecule has 0 unspecified atom stereocenters. The highest BCUT2D eigenvalue weighted by atomic mass is 32.2. The van der Waals surface area contributed by atoms with E-state index >= 15 is 0 Å². The summed E-state index contributed by atoms with van der Waals surface area (Å²) in [6.45, 7) is 1.81. The molecule has 0 aliphatic heterocycles. The van der Waals surface area contributed by atoms with Gasteiger partial charge in [0.25, 0.3) is 0 Å². The van der Waals surface area contributed by atoms with Crippen molar-refractivity contribution in [3.05, 3.63) is 71.6 Å². The van der Waals surface area contributed by atoms with Gasteiger partial charge in [-0.05, 0) is 62.4 Å². The van der Waals surface area contributed by atoms with Gasteiger partial charge in [0, 0.05) is 6.42 Å². The van der Waals surface area contributed by atoms with Crippen molar-refractivity contribution in [3.8, 4) is 5.69 Å². The second-order valence-electron chi connectivity index (χ2n) is 5.81. The van der Waals surface area contributed by atoms with Gasteiger partial charge in [-0.15, -0.1) is 0 Å². The fourth-order valence-corrected chi connectivity index (χ4v) is 3.35. The maximum absolute atomic E-state index is 13.1. The van der Waals surface area contributed by atoms with Crippen molar-refractivity contribution in [1.29, 1.82) is 0 Å². The third-order valence-electron chi connectivity index (χ3n) is 3.99. The predicted octanol–water partition coefficient (Wildman–Crippen LogP) is 2.41. The maximum atomic E-state index is 13.1. The molecule has 0 aliphatic carbocycles. The topological polar surface area (TPSA) is 76.9 Å². The van der Waals surface area contributed by atoms with Crippen molar-refractivity contribution in [2.75, 3.05) is 7.05 Å². The molecule has 0 saturated heterocycles. The molecule has 0 spiro atoms. The van der Waals surface area contributed by atoms with Crippen LogP contribution >= 0.6 is 0 Å². The summed E-state index contributed by atoms with van der Waals surface area (Å²) in [6.07, 6.45) is 1.30. The summed E-state index contributed by atoms with van der Waals surface area (Å²) in [7, 11) is -2.05. The van der Waals surface area contributed by atoms with Gasteiger partial charge in [0.05, 0.1) is 10.6 Å². The van der Waals surface area contributed by atoms with Crippen molar-refractivity contribution in [2.45, 2.75) is 24.7 Å². The van der Waals surface area contributed by atoms with Crippen LogP contribution in [0.3, 0.4) is 0 Å². The van der Waals surface area contributed by atoms with Gasteiger partial charge in [-0.2, -0.15) is 5.10 Å². The number of hydrogen-bond donors (Lipinski definition) is 1. The Morgan fingerprint density at radius 2 is 1.69 bits per heavy atom. The summed E-state index contributed by atoms with van der Waals surface area (Å²) in [5.74, 6) is 1.10. The SMILES string of the molecule is CNS(=O)(=O)c1ccc(CCc2nc(C)nn2-c2ccc(F)cc2)cc1. The molecule has 2 aromatic carbocycles. The van der Waals surface area contributed by atoms with Crippen LogP contribution in [-0.2, 0) is 22.9 Å². The molecule has 0 radical (unpaired) electrons. The molecule has 0 saturated carbocycles. The highest BCUT2D eigenvalue weighted by Gasteiger charge is 2.12. The molecule has 6 nitrogen and oxygen atoms in total. The first-order chi connectivity index (χ1) is 12.4. The van der Waals surface area contributed by atoms with E-state index in [0.717, 1.165) is 17.1 Å². The van der Waals surface area contributed by atoms with E-state index in [1.807, 2.05) is 0 Å². The van der Waals surface area contributed by atoms with E-state index in [4.69, 9.17) is 0 Å². The number of halogens is 1. The molecule has 3 aromatic rings. The Bertz CT molecular complexity index is 997. The number of aryl methyl sites for hydroxylation is 3. The number of nitrogens with zero attached hydrogens (tertiary/aromatic N) is 3. The Hall–Kier alpha value is -2.58. The molecule has 0 fully saturated rings. The second-order valence-corrected chi connectivity index (χ2v) is 7.70. The fourth-order valence-electron chi connectivity index (χ4n) is 2.62. The van der Waals surface area contributed by atoms with E-state index in [9.17, 15) is 12.8 Å². The van der Waals surface area contributed by atoms with Gasteiger partial charge in [-0.1, -0.05) is 12.1 Å². The fraction of sp³-hybridized carbons (Fsp3) is 0.222. The average molecular weight is 374 g/mol. The van der Waals surface area contributed by atoms with Crippen molar-refractivity contribution in [2.24, 2.45) is 0 Å². The van der Waals surface area contributed by atoms with Gasteiger partial charge in [0.15, 0.2) is 0 Å². The number of hydrogen-bond acceptors (Lipinski definition) is 4. The summed E-state index contributed by atoms with van der Waals surface area (Å²) in [5.41, 5.74) is 1.74. The highest BCUT2D eigenvalue weighted by Crippen LogP contribution is 2.15. The number of nitrogens with one attached hydrogen (secondary N) is 1. The quantitative estimate of drug-likeness (QED) is 0.719. The molecule has 1 N–H and O–H groups in total. The lowest BCUT2D eigenvalue weighted by atomic mass is 10.1. The predicted molar refractivity (Wildman–Crippen MR) is 96.1 cm³/mol. The maximum Gasteiger partial charge on any atom is 0.240 e. The lowest BCUT2D eigenvalue weighted by molar-refractivity contribution is 0.588. The largest absolute Gasteiger partial charge is 0.240 e. The molecule has 0 amide bonds. The highest BCUT2D eigenvalue weighted by molar-refractivity contribution is 7.89. The van der Waals surface area contributed by atoms with Crippen LogP contribution in [0.1, 0.15) is 17.2 Å². The van der Waals surface area contributed by atoms with Gasteiger partial charge in [-0.25, -0.2) is 27.2 Å². The van der Waals surface area contributed by atoms with Crippen LogP contribution in [0, 0.1) is 12.7 Å². The van der Waals surface area contributed by atoms with Crippen LogP contribution in [0.5, 0.6) is 0 Å². The van der Waals surface area contributed by atoms with Gasteiger partial charge >= 0.3 is 0 Å². The van der Waals surface area contributed by atoms with Crippen LogP contribution in [0.4, 0.5) is 4.39 Å². The first-order valence-corrected chi connectivity index (χ1v) is 9.58. The summed E-state index contributed by atoms with van der Waals surface area (Å²) in [4.78, 5) is 4.68. The standard InChI is InChI=1S/C18H19FN4O2S/c1-13-21-18(23(22-13)16-8-6-15(19)7-9-16)12-5-14-3-10-17(11-4-14)26(24,25)20-2/h3-4,6-11,20H,5,12H2,1-2H3. The third-order valence-corrected chi connectivity index (χ3v) is 5.42. The summed E-state index contributed by atoms with van der Waals surface area (Å²) >= 11 is 0. The molecule has 1 aromatic heterocycles. The van der Waals surface area contributed by atoms with E-state index in [-0.39, 0.29) is 10.7 Å². The first-order valence-electron chi connectivity index (χ1n) is 8.10. The smallest absolute Gasteiger partial charge is 0.218 e. The number of aromatic nitrogens is 3. The monoisotopic (exact) mass is 374 g/mol. The zero-order valence-corrected chi connectivity index (χ0v) is 15.3. The molecule has 1 heterocycles.